The molecule has 10 heteroatoms. The van der Waals surface area contributed by atoms with Gasteiger partial charge in [-0.3, -0.25) is 24.6 Å². The third kappa shape index (κ3) is 5.12. The number of aromatic nitrogens is 4. The number of ether oxygens (including phenoxy) is 1. The van der Waals surface area contributed by atoms with E-state index in [1.165, 1.54) is 24.2 Å². The molecule has 206 valence electrons. The van der Waals surface area contributed by atoms with Crippen LogP contribution in [-0.2, 0) is 6.54 Å². The maximum atomic E-state index is 11.9. The molecular weight excluding hydrogens is 534 g/mol. The number of hydrogen-bond donors (Lipinski definition) is 2. The highest BCUT2D eigenvalue weighted by atomic mass is 32.1. The summed E-state index contributed by atoms with van der Waals surface area (Å²) in [7, 11) is 0. The predicted octanol–water partition coefficient (Wildman–Crippen LogP) is 5.28. The van der Waals surface area contributed by atoms with Gasteiger partial charge in [-0.2, -0.15) is 5.10 Å². The maximum Gasteiger partial charge on any atom is 0.169 e. The first-order chi connectivity index (χ1) is 20.1. The van der Waals surface area contributed by atoms with E-state index in [-0.39, 0.29) is 5.78 Å². The zero-order valence-corrected chi connectivity index (χ0v) is 23.5. The van der Waals surface area contributed by atoms with Gasteiger partial charge in [0.1, 0.15) is 18.1 Å². The lowest BCUT2D eigenvalue weighted by Gasteiger charge is -2.18. The van der Waals surface area contributed by atoms with E-state index >= 15 is 0 Å². The van der Waals surface area contributed by atoms with E-state index in [4.69, 9.17) is 14.8 Å². The zero-order valence-electron chi connectivity index (χ0n) is 22.7. The molecule has 5 aromatic rings. The van der Waals surface area contributed by atoms with Crippen molar-refractivity contribution in [2.24, 2.45) is 5.10 Å². The van der Waals surface area contributed by atoms with Crippen LogP contribution < -0.4 is 10.2 Å². The Morgan fingerprint density at radius 1 is 1.07 bits per heavy atom. The Labute approximate surface area is 241 Å². The number of nitrogens with one attached hydrogen (secondary N) is 2. The van der Waals surface area contributed by atoms with Gasteiger partial charge in [0.25, 0.3) is 0 Å². The highest BCUT2D eigenvalue weighted by molar-refractivity contribution is 7.17. The third-order valence-corrected chi connectivity index (χ3v) is 8.77. The van der Waals surface area contributed by atoms with Crippen molar-refractivity contribution in [2.45, 2.75) is 26.3 Å². The number of thiophene rings is 1. The molecule has 0 spiro atoms. The minimum Gasteiger partial charge on any atom is -0.491 e. The molecule has 0 unspecified atom stereocenters. The number of nitrogens with zero attached hydrogens (tertiary/aromatic N) is 5. The summed E-state index contributed by atoms with van der Waals surface area (Å²) >= 11 is 1.46. The lowest BCUT2D eigenvalue weighted by atomic mass is 9.99. The molecule has 0 radical (unpaired) electrons. The molecule has 2 aliphatic heterocycles. The van der Waals surface area contributed by atoms with Gasteiger partial charge in [-0.1, -0.05) is 0 Å². The summed E-state index contributed by atoms with van der Waals surface area (Å²) < 4.78 is 6.03. The van der Waals surface area contributed by atoms with Gasteiger partial charge in [0.2, 0.25) is 0 Å². The molecule has 0 bridgehead atoms. The van der Waals surface area contributed by atoms with Gasteiger partial charge in [0, 0.05) is 52.7 Å². The number of carbonyl (C=O) groups excluding carboxylic acids is 1. The van der Waals surface area contributed by atoms with E-state index in [2.05, 4.69) is 37.4 Å². The van der Waals surface area contributed by atoms with Crippen LogP contribution in [0.4, 0.5) is 0 Å². The number of pyridine rings is 3. The van der Waals surface area contributed by atoms with E-state index in [0.29, 0.717) is 13.2 Å². The van der Waals surface area contributed by atoms with E-state index in [1.807, 2.05) is 36.7 Å². The van der Waals surface area contributed by atoms with Crippen molar-refractivity contribution in [1.82, 2.24) is 30.3 Å². The summed E-state index contributed by atoms with van der Waals surface area (Å²) in [6.45, 7) is 6.07. The molecule has 0 aliphatic carbocycles. The Kier molecular flexibility index (Phi) is 6.77. The number of hydrazone groups is 1. The molecule has 0 amide bonds. The fourth-order valence-corrected chi connectivity index (χ4v) is 6.35. The number of aromatic amines is 1. The highest BCUT2D eigenvalue weighted by Gasteiger charge is 2.21. The molecule has 1 fully saturated rings. The van der Waals surface area contributed by atoms with Crippen molar-refractivity contribution in [2.75, 3.05) is 26.2 Å². The number of fused-ring (bicyclic) bond motifs is 2. The predicted molar refractivity (Wildman–Crippen MR) is 161 cm³/mol. The lowest BCUT2D eigenvalue weighted by molar-refractivity contribution is 0.102. The van der Waals surface area contributed by atoms with E-state index in [1.54, 1.807) is 19.3 Å². The Hall–Kier alpha value is -4.41. The van der Waals surface area contributed by atoms with Crippen LogP contribution in [0.25, 0.3) is 32.7 Å². The number of H-pyrrole nitrogens is 1. The average Bonchev–Trinajstić information content (AvgIpc) is 3.78. The molecular formula is C31H29N7O2S. The minimum absolute atomic E-state index is 0.0567. The normalized spacial score (nSPS) is 15.0. The Bertz CT molecular complexity index is 1780. The molecule has 1 saturated heterocycles. The smallest absolute Gasteiger partial charge is 0.169 e. The summed E-state index contributed by atoms with van der Waals surface area (Å²) in [4.78, 5) is 33.3. The van der Waals surface area contributed by atoms with Crippen molar-refractivity contribution >= 4 is 33.7 Å². The van der Waals surface area contributed by atoms with Gasteiger partial charge in [-0.05, 0) is 69.3 Å². The minimum atomic E-state index is 0.0567. The van der Waals surface area contributed by atoms with Crippen molar-refractivity contribution in [3.63, 3.8) is 0 Å². The van der Waals surface area contributed by atoms with Gasteiger partial charge in [-0.15, -0.1) is 11.3 Å². The van der Waals surface area contributed by atoms with E-state index < -0.39 is 0 Å². The van der Waals surface area contributed by atoms with Crippen LogP contribution in [0.15, 0.2) is 66.3 Å². The van der Waals surface area contributed by atoms with Gasteiger partial charge >= 0.3 is 0 Å². The fraction of sp³-hybridized carbons (Fsp3) is 0.258. The standard InChI is InChI=1S/C31H29N7O2S/c1-19(39)28-4-5-29(41-28)31-24-14-27(36-25(24)6-7-33-31)30-23-13-26(34-16-21(23)17-35-37-30)20-12-22(18-32-15-20)40-11-10-38-8-2-3-9-38/h4-7,12-16,18,35-36H,2-3,8-11,17H2,1H3. The Morgan fingerprint density at radius 2 is 1.98 bits per heavy atom. The lowest BCUT2D eigenvalue weighted by Crippen LogP contribution is -2.25. The van der Waals surface area contributed by atoms with Gasteiger partial charge in [0.15, 0.2) is 5.78 Å². The topological polar surface area (TPSA) is 108 Å². The van der Waals surface area contributed by atoms with Crippen LogP contribution in [0.3, 0.4) is 0 Å². The van der Waals surface area contributed by atoms with Crippen LogP contribution >= 0.6 is 11.3 Å². The molecule has 0 aromatic carbocycles. The number of carbonyl (C=O) groups is 1. The van der Waals surface area contributed by atoms with Gasteiger partial charge in [-0.25, -0.2) is 0 Å². The average molecular weight is 564 g/mol. The van der Waals surface area contributed by atoms with E-state index in [0.717, 1.165) is 85.5 Å². The quantitative estimate of drug-likeness (QED) is 0.247. The molecule has 5 aromatic heterocycles. The van der Waals surface area contributed by atoms with Crippen molar-refractivity contribution in [3.8, 4) is 27.6 Å². The number of hydrogen-bond acceptors (Lipinski definition) is 9. The summed E-state index contributed by atoms with van der Waals surface area (Å²) in [5.74, 6) is 0.801. The first kappa shape index (κ1) is 25.6. The van der Waals surface area contributed by atoms with Crippen molar-refractivity contribution in [3.05, 3.63) is 82.9 Å². The molecule has 7 rings (SSSR count). The molecule has 0 saturated carbocycles. The van der Waals surface area contributed by atoms with E-state index in [9.17, 15) is 4.79 Å². The maximum absolute atomic E-state index is 11.9. The first-order valence-corrected chi connectivity index (χ1v) is 14.6. The summed E-state index contributed by atoms with van der Waals surface area (Å²) in [5.41, 5.74) is 10.4. The zero-order chi connectivity index (χ0) is 27.8. The first-order valence-electron chi connectivity index (χ1n) is 13.8. The summed E-state index contributed by atoms with van der Waals surface area (Å²) in [6, 6.07) is 11.9. The van der Waals surface area contributed by atoms with Crippen LogP contribution in [0.1, 0.15) is 46.3 Å². The van der Waals surface area contributed by atoms with Crippen LogP contribution in [0.2, 0.25) is 0 Å². The fourth-order valence-electron chi connectivity index (χ4n) is 5.44. The largest absolute Gasteiger partial charge is 0.491 e. The van der Waals surface area contributed by atoms with Crippen molar-refractivity contribution in [1.29, 1.82) is 0 Å². The van der Waals surface area contributed by atoms with Crippen LogP contribution in [0, 0.1) is 0 Å². The molecule has 2 aliphatic rings. The second-order valence-corrected chi connectivity index (χ2v) is 11.4. The third-order valence-electron chi connectivity index (χ3n) is 7.58. The second kappa shape index (κ2) is 10.9. The number of rotatable bonds is 8. The number of ketones is 1. The van der Waals surface area contributed by atoms with Gasteiger partial charge < -0.3 is 15.1 Å². The second-order valence-electron chi connectivity index (χ2n) is 10.4. The Balaban J connectivity index is 1.18. The molecule has 41 heavy (non-hydrogen) atoms. The monoisotopic (exact) mass is 563 g/mol. The van der Waals surface area contributed by atoms with Crippen molar-refractivity contribution < 1.29 is 9.53 Å². The van der Waals surface area contributed by atoms with Crippen LogP contribution in [0.5, 0.6) is 5.75 Å². The molecule has 9 nitrogen and oxygen atoms in total. The summed E-state index contributed by atoms with van der Waals surface area (Å²) in [5, 5.41) is 5.68. The number of Topliss-reactive ketones (excluding diaryl/α,β-unsaturated/α-hetero) is 1. The summed E-state index contributed by atoms with van der Waals surface area (Å²) in [6.07, 6.45) is 9.81. The SMILES string of the molecule is CC(=O)c1ccc(-c2nccc3[nH]c(C4=NNCc5cnc(-c6cncc(OCCN7CCCC7)c6)cc54)cc23)s1. The molecule has 0 atom stereocenters. The molecule has 2 N–H and O–H groups in total. The highest BCUT2D eigenvalue weighted by Crippen LogP contribution is 2.34. The van der Waals surface area contributed by atoms with Gasteiger partial charge in [0.05, 0.1) is 39.6 Å². The number of likely N-dealkylation sites (tertiary alicyclic amines) is 1. The molecule has 7 heterocycles. The van der Waals surface area contributed by atoms with Crippen LogP contribution in [-0.4, -0.2) is 62.6 Å². The Morgan fingerprint density at radius 3 is 2.83 bits per heavy atom.